The first-order valence-electron chi connectivity index (χ1n) is 12.3. The van der Waals surface area contributed by atoms with Crippen LogP contribution in [0, 0.1) is 11.8 Å². The van der Waals surface area contributed by atoms with Gasteiger partial charge in [0.1, 0.15) is 0 Å². The van der Waals surface area contributed by atoms with Gasteiger partial charge in [-0.2, -0.15) is 0 Å². The van der Waals surface area contributed by atoms with Gasteiger partial charge in [-0.1, -0.05) is 62.7 Å². The van der Waals surface area contributed by atoms with Gasteiger partial charge in [0, 0.05) is 16.1 Å². The molecule has 1 amide bonds. The maximum atomic E-state index is 13.5. The minimum Gasteiger partial charge on any atom is -0.481 e. The Balaban J connectivity index is 2.03. The van der Waals surface area contributed by atoms with Crippen LogP contribution in [0.3, 0.4) is 0 Å². The topological polar surface area (TPSA) is 82.0 Å². The number of nitrogens with zero attached hydrogens (tertiary/aromatic N) is 2. The van der Waals surface area contributed by atoms with Gasteiger partial charge in [-0.3, -0.25) is 19.5 Å². The Bertz CT molecular complexity index is 1070. The zero-order valence-electron chi connectivity index (χ0n) is 21.1. The van der Waals surface area contributed by atoms with E-state index in [2.05, 4.69) is 17.1 Å². The first-order chi connectivity index (χ1) is 16.7. The van der Waals surface area contributed by atoms with Gasteiger partial charge in [-0.05, 0) is 63.4 Å². The van der Waals surface area contributed by atoms with E-state index in [1.54, 1.807) is 18.2 Å². The Morgan fingerprint density at radius 2 is 1.91 bits per heavy atom. The number of benzene rings is 2. The summed E-state index contributed by atoms with van der Waals surface area (Å²) < 4.78 is 0. The number of carboxylic acids is 1. The van der Waals surface area contributed by atoms with Crippen molar-refractivity contribution in [3.05, 3.63) is 64.7 Å². The van der Waals surface area contributed by atoms with Gasteiger partial charge in [-0.25, -0.2) is 0 Å². The molecule has 0 bridgehead atoms. The number of aliphatic carboxylic acids is 1. The van der Waals surface area contributed by atoms with E-state index in [1.807, 2.05) is 51.1 Å². The maximum Gasteiger partial charge on any atom is 0.308 e. The van der Waals surface area contributed by atoms with Crippen molar-refractivity contribution < 1.29 is 14.7 Å². The molecule has 0 unspecified atom stereocenters. The first kappa shape index (κ1) is 26.9. The summed E-state index contributed by atoms with van der Waals surface area (Å²) in [7, 11) is 0. The average molecular weight is 498 g/mol. The molecule has 35 heavy (non-hydrogen) atoms. The Morgan fingerprint density at radius 3 is 2.54 bits per heavy atom. The molecule has 0 spiro atoms. The second-order valence-electron chi connectivity index (χ2n) is 9.82. The van der Waals surface area contributed by atoms with Crippen LogP contribution in [0.1, 0.15) is 58.1 Å². The molecule has 0 aliphatic carbocycles. The summed E-state index contributed by atoms with van der Waals surface area (Å²) in [5.41, 5.74) is 2.15. The fourth-order valence-corrected chi connectivity index (χ4v) is 4.99. The van der Waals surface area contributed by atoms with Crippen molar-refractivity contribution in [1.82, 2.24) is 4.90 Å². The minimum atomic E-state index is -0.858. The van der Waals surface area contributed by atoms with Gasteiger partial charge >= 0.3 is 5.97 Å². The highest BCUT2D eigenvalue weighted by molar-refractivity contribution is 6.31. The largest absolute Gasteiger partial charge is 0.481 e. The molecule has 6 nitrogen and oxygen atoms in total. The molecule has 1 aliphatic heterocycles. The molecule has 2 aromatic rings. The van der Waals surface area contributed by atoms with Crippen LogP contribution < -0.4 is 5.32 Å². The van der Waals surface area contributed by atoms with E-state index in [0.717, 1.165) is 31.5 Å². The van der Waals surface area contributed by atoms with Gasteiger partial charge in [0.05, 0.1) is 29.4 Å². The van der Waals surface area contributed by atoms with Crippen LogP contribution in [0.25, 0.3) is 0 Å². The molecule has 2 aromatic carbocycles. The van der Waals surface area contributed by atoms with Crippen LogP contribution >= 0.6 is 11.6 Å². The highest BCUT2D eigenvalue weighted by atomic mass is 35.5. The van der Waals surface area contributed by atoms with E-state index in [9.17, 15) is 14.7 Å². The number of likely N-dealkylation sites (tertiary alicyclic amines) is 1. The van der Waals surface area contributed by atoms with Crippen LogP contribution in [0.4, 0.5) is 5.69 Å². The second-order valence-corrected chi connectivity index (χ2v) is 10.3. The van der Waals surface area contributed by atoms with Crippen molar-refractivity contribution in [3.8, 4) is 0 Å². The lowest BCUT2D eigenvalue weighted by atomic mass is 9.95. The number of carbonyl (C=O) groups is 2. The van der Waals surface area contributed by atoms with Crippen molar-refractivity contribution in [1.29, 1.82) is 0 Å². The number of aliphatic imine (C=N–C) groups is 1. The lowest BCUT2D eigenvalue weighted by Crippen LogP contribution is -2.50. The third-order valence-electron chi connectivity index (χ3n) is 6.77. The third kappa shape index (κ3) is 6.50. The summed E-state index contributed by atoms with van der Waals surface area (Å²) in [6.07, 6.45) is 2.31. The van der Waals surface area contributed by atoms with E-state index in [0.29, 0.717) is 28.4 Å². The van der Waals surface area contributed by atoms with E-state index in [1.165, 1.54) is 0 Å². The lowest BCUT2D eigenvalue weighted by Gasteiger charge is -2.33. The number of carboxylic acid groups (broad SMARTS) is 1. The standard InChI is InChI=1S/C28H36ClN3O3/c1-5-32-15-9-14-28(32,4)27(35)31-24-13-12-22(29)17-23(24)25(20-10-7-6-8-11-20)30-18-21(26(33)34)16-19(2)3/h6-8,10-13,17,19,21H,5,9,14-16,18H2,1-4H3,(H,31,35)(H,33,34)/t21-,28+/m0/s1. The second kappa shape index (κ2) is 11.8. The minimum absolute atomic E-state index is 0.0592. The van der Waals surface area contributed by atoms with Crippen molar-refractivity contribution in [3.63, 3.8) is 0 Å². The highest BCUT2D eigenvalue weighted by Crippen LogP contribution is 2.32. The number of hydrogen-bond donors (Lipinski definition) is 2. The molecule has 1 saturated heterocycles. The molecule has 0 aromatic heterocycles. The van der Waals surface area contributed by atoms with Crippen molar-refractivity contribution >= 4 is 34.9 Å². The Labute approximate surface area is 213 Å². The molecule has 1 fully saturated rings. The number of nitrogens with one attached hydrogen (secondary N) is 1. The van der Waals surface area contributed by atoms with Gasteiger partial charge in [0.2, 0.25) is 5.91 Å². The molecule has 3 rings (SSSR count). The normalized spacial score (nSPS) is 19.7. The molecule has 188 valence electrons. The smallest absolute Gasteiger partial charge is 0.308 e. The molecule has 0 saturated carbocycles. The summed E-state index contributed by atoms with van der Waals surface area (Å²) in [6.45, 7) is 9.92. The van der Waals surface area contributed by atoms with Gasteiger partial charge in [-0.15, -0.1) is 0 Å². The Morgan fingerprint density at radius 1 is 1.20 bits per heavy atom. The van der Waals surface area contributed by atoms with Crippen LogP contribution in [-0.2, 0) is 9.59 Å². The molecule has 2 N–H and O–H groups in total. The fourth-order valence-electron chi connectivity index (χ4n) is 4.81. The monoisotopic (exact) mass is 497 g/mol. The molecule has 7 heteroatoms. The highest BCUT2D eigenvalue weighted by Gasteiger charge is 2.42. The van der Waals surface area contributed by atoms with E-state index >= 15 is 0 Å². The zero-order valence-corrected chi connectivity index (χ0v) is 21.8. The van der Waals surface area contributed by atoms with Crippen LogP contribution in [0.15, 0.2) is 53.5 Å². The number of likely N-dealkylation sites (N-methyl/N-ethyl adjacent to an activating group) is 1. The summed E-state index contributed by atoms with van der Waals surface area (Å²) in [6, 6.07) is 14.9. The predicted octanol–water partition coefficient (Wildman–Crippen LogP) is 5.74. The van der Waals surface area contributed by atoms with Crippen LogP contribution in [0.2, 0.25) is 5.02 Å². The summed E-state index contributed by atoms with van der Waals surface area (Å²) in [5, 5.41) is 13.4. The Kier molecular flexibility index (Phi) is 9.09. The molecule has 1 aliphatic rings. The molecule has 1 heterocycles. The number of halogens is 1. The molecule has 2 atom stereocenters. The average Bonchev–Trinajstić information content (AvgIpc) is 3.22. The summed E-state index contributed by atoms with van der Waals surface area (Å²) in [4.78, 5) is 32.4. The quantitative estimate of drug-likeness (QED) is 0.410. The van der Waals surface area contributed by atoms with E-state index < -0.39 is 17.4 Å². The number of hydrogen-bond acceptors (Lipinski definition) is 4. The van der Waals surface area contributed by atoms with Gasteiger partial charge < -0.3 is 10.4 Å². The van der Waals surface area contributed by atoms with Crippen LogP contribution in [-0.4, -0.2) is 52.8 Å². The number of anilines is 1. The number of rotatable bonds is 10. The zero-order chi connectivity index (χ0) is 25.6. The fraction of sp³-hybridized carbons (Fsp3) is 0.464. The van der Waals surface area contributed by atoms with Crippen molar-refractivity contribution in [2.75, 3.05) is 25.0 Å². The maximum absolute atomic E-state index is 13.5. The number of amides is 1. The van der Waals surface area contributed by atoms with E-state index in [-0.39, 0.29) is 18.4 Å². The number of carbonyl (C=O) groups excluding carboxylic acids is 1. The SMILES string of the molecule is CCN1CCC[C@]1(C)C(=O)Nc1ccc(Cl)cc1C(=NC[C@H](CC(C)C)C(=O)O)c1ccccc1. The molecule has 0 radical (unpaired) electrons. The summed E-state index contributed by atoms with van der Waals surface area (Å²) >= 11 is 6.40. The third-order valence-corrected chi connectivity index (χ3v) is 7.00. The van der Waals surface area contributed by atoms with Crippen molar-refractivity contribution in [2.45, 2.75) is 52.5 Å². The predicted molar refractivity (Wildman–Crippen MR) is 142 cm³/mol. The Hall–Kier alpha value is -2.70. The van der Waals surface area contributed by atoms with Gasteiger partial charge in [0.25, 0.3) is 0 Å². The molecular weight excluding hydrogens is 462 g/mol. The van der Waals surface area contributed by atoms with Gasteiger partial charge in [0.15, 0.2) is 0 Å². The van der Waals surface area contributed by atoms with Crippen LogP contribution in [0.5, 0.6) is 0 Å². The van der Waals surface area contributed by atoms with Crippen molar-refractivity contribution in [2.24, 2.45) is 16.8 Å². The lowest BCUT2D eigenvalue weighted by molar-refractivity contribution is -0.141. The summed E-state index contributed by atoms with van der Waals surface area (Å²) in [5.74, 6) is -1.28. The molecular formula is C28H36ClN3O3. The first-order valence-corrected chi connectivity index (χ1v) is 12.7. The van der Waals surface area contributed by atoms with E-state index in [4.69, 9.17) is 16.6 Å².